The molecule has 1 aromatic carbocycles. The van der Waals surface area contributed by atoms with E-state index in [0.717, 1.165) is 11.8 Å². The molecule has 0 radical (unpaired) electrons. The fraction of sp³-hybridized carbons (Fsp3) is 0.429. The van der Waals surface area contributed by atoms with Gasteiger partial charge in [0.15, 0.2) is 9.84 Å². The number of anilines is 2. The number of amides is 1. The van der Waals surface area contributed by atoms with Gasteiger partial charge in [-0.1, -0.05) is 43.0 Å². The lowest BCUT2D eigenvalue weighted by Crippen LogP contribution is -2.49. The molecule has 5 rings (SSSR count). The van der Waals surface area contributed by atoms with Crippen LogP contribution < -0.4 is 15.4 Å². The molecule has 3 aliphatic heterocycles. The number of thiocarbonyl (C=S) groups is 1. The molecule has 1 unspecified atom stereocenters. The van der Waals surface area contributed by atoms with Gasteiger partial charge in [-0.05, 0) is 43.5 Å². The van der Waals surface area contributed by atoms with Crippen LogP contribution in [0.3, 0.4) is 0 Å². The molecule has 3 fully saturated rings. The van der Waals surface area contributed by atoms with Crippen LogP contribution in [-0.2, 0) is 21.2 Å². The van der Waals surface area contributed by atoms with Gasteiger partial charge in [0.05, 0.1) is 28.1 Å². The summed E-state index contributed by atoms with van der Waals surface area (Å²) < 4.78 is 40.5. The normalized spacial score (nSPS) is 21.7. The molecule has 0 spiro atoms. The first kappa shape index (κ1) is 29.3. The Morgan fingerprint density at radius 1 is 1.17 bits per heavy atom. The molecular weight excluding hydrogens is 586 g/mol. The molecule has 3 aliphatic rings. The maximum Gasteiger partial charge on any atom is 0.270 e. The van der Waals surface area contributed by atoms with Crippen LogP contribution >= 0.6 is 24.0 Å². The third kappa shape index (κ3) is 5.52. The minimum absolute atomic E-state index is 0.0100. The van der Waals surface area contributed by atoms with Gasteiger partial charge in [-0.2, -0.15) is 5.26 Å². The standard InChI is InChI=1S/C28H30FN5O4S3/c1-3-9-33-25(32-12-10-31(11-13-32)23-7-5-4-6-22(23)29)20(18(2)21(16-30)26(33)35)15-24-27(36)34(28(39)40-24)19-8-14-41(37,38)17-19/h4-7,15,19H,3,8-14,17H2,1-2H3/b24-15-. The number of carbonyl (C=O) groups is 1. The van der Waals surface area contributed by atoms with E-state index in [2.05, 4.69) is 4.90 Å². The van der Waals surface area contributed by atoms with E-state index in [1.807, 2.05) is 17.9 Å². The number of halogens is 1. The average molecular weight is 616 g/mol. The van der Waals surface area contributed by atoms with Crippen LogP contribution in [0.25, 0.3) is 6.08 Å². The van der Waals surface area contributed by atoms with Crippen LogP contribution in [0.1, 0.15) is 36.5 Å². The molecule has 0 N–H and O–H groups in total. The predicted octanol–water partition coefficient (Wildman–Crippen LogP) is 3.29. The summed E-state index contributed by atoms with van der Waals surface area (Å²) in [6.45, 7) is 6.02. The summed E-state index contributed by atoms with van der Waals surface area (Å²) in [6.07, 6.45) is 2.66. The molecule has 1 aromatic heterocycles. The number of thioether (sulfide) groups is 1. The summed E-state index contributed by atoms with van der Waals surface area (Å²) in [7, 11) is -3.23. The maximum atomic E-state index is 14.5. The van der Waals surface area contributed by atoms with Gasteiger partial charge in [0.2, 0.25) is 0 Å². The number of nitrogens with zero attached hydrogens (tertiary/aromatic N) is 5. The van der Waals surface area contributed by atoms with Crippen molar-refractivity contribution < 1.29 is 17.6 Å². The molecule has 1 atom stereocenters. The first-order chi connectivity index (χ1) is 19.6. The lowest BCUT2D eigenvalue weighted by Gasteiger charge is -2.39. The van der Waals surface area contributed by atoms with Crippen LogP contribution in [0.2, 0.25) is 0 Å². The Morgan fingerprint density at radius 2 is 1.85 bits per heavy atom. The summed E-state index contributed by atoms with van der Waals surface area (Å²) in [5.41, 5.74) is 1.18. The Hall–Kier alpha value is -3.21. The van der Waals surface area contributed by atoms with E-state index >= 15 is 0 Å². The van der Waals surface area contributed by atoms with Crippen LogP contribution in [0, 0.1) is 24.1 Å². The molecule has 0 bridgehead atoms. The highest BCUT2D eigenvalue weighted by Crippen LogP contribution is 2.38. The fourth-order valence-corrected chi connectivity index (χ4v) is 8.77. The summed E-state index contributed by atoms with van der Waals surface area (Å²) in [4.78, 5) is 32.7. The Bertz CT molecular complexity index is 1660. The number of pyridine rings is 1. The first-order valence-electron chi connectivity index (χ1n) is 13.5. The molecule has 9 nitrogen and oxygen atoms in total. The smallest absolute Gasteiger partial charge is 0.270 e. The lowest BCUT2D eigenvalue weighted by molar-refractivity contribution is -0.123. The second kappa shape index (κ2) is 11.6. The minimum atomic E-state index is -3.23. The highest BCUT2D eigenvalue weighted by atomic mass is 32.2. The van der Waals surface area contributed by atoms with E-state index < -0.39 is 15.9 Å². The molecule has 2 aromatic rings. The summed E-state index contributed by atoms with van der Waals surface area (Å²) in [5.74, 6) is -0.165. The van der Waals surface area contributed by atoms with Crippen molar-refractivity contribution in [2.45, 2.75) is 39.3 Å². The molecule has 0 aliphatic carbocycles. The number of aromatic nitrogens is 1. The van der Waals surface area contributed by atoms with Gasteiger partial charge >= 0.3 is 0 Å². The zero-order valence-electron chi connectivity index (χ0n) is 22.8. The van der Waals surface area contributed by atoms with Gasteiger partial charge in [-0.25, -0.2) is 12.8 Å². The third-order valence-corrected chi connectivity index (χ3v) is 10.8. The van der Waals surface area contributed by atoms with Gasteiger partial charge in [-0.3, -0.25) is 19.1 Å². The highest BCUT2D eigenvalue weighted by molar-refractivity contribution is 8.26. The largest absolute Gasteiger partial charge is 0.366 e. The number of piperazine rings is 1. The third-order valence-electron chi connectivity index (χ3n) is 7.74. The number of nitriles is 1. The molecule has 1 amide bonds. The average Bonchev–Trinajstić information content (AvgIpc) is 3.44. The van der Waals surface area contributed by atoms with Gasteiger partial charge < -0.3 is 9.80 Å². The second-order valence-corrected chi connectivity index (χ2v) is 14.2. The number of sulfone groups is 1. The van der Waals surface area contributed by atoms with Gasteiger partial charge in [0.1, 0.15) is 27.6 Å². The van der Waals surface area contributed by atoms with Crippen molar-refractivity contribution in [3.05, 3.63) is 62.0 Å². The Kier molecular flexibility index (Phi) is 8.27. The zero-order valence-corrected chi connectivity index (χ0v) is 25.2. The number of benzene rings is 1. The number of carbonyl (C=O) groups excluding carboxylic acids is 1. The van der Waals surface area contributed by atoms with Crippen molar-refractivity contribution in [1.82, 2.24) is 9.47 Å². The molecular formula is C28H30FN5O4S3. The van der Waals surface area contributed by atoms with Crippen LogP contribution in [-0.4, -0.2) is 71.8 Å². The van der Waals surface area contributed by atoms with E-state index in [4.69, 9.17) is 12.2 Å². The number of hydrogen-bond acceptors (Lipinski definition) is 9. The van der Waals surface area contributed by atoms with E-state index in [-0.39, 0.29) is 34.4 Å². The SMILES string of the molecule is CCCn1c(N2CCN(c3ccccc3F)CC2)c(/C=C2\SC(=S)N(C3CCS(=O)(=O)C3)C2=O)c(C)c(C#N)c1=O. The van der Waals surface area contributed by atoms with Crippen LogP contribution in [0.5, 0.6) is 0 Å². The van der Waals surface area contributed by atoms with E-state index in [9.17, 15) is 27.7 Å². The zero-order chi connectivity index (χ0) is 29.5. The Morgan fingerprint density at radius 3 is 2.46 bits per heavy atom. The topological polar surface area (TPSA) is 107 Å². The number of rotatable bonds is 6. The predicted molar refractivity (Wildman–Crippen MR) is 163 cm³/mol. The van der Waals surface area contributed by atoms with Crippen molar-refractivity contribution in [2.75, 3.05) is 47.5 Å². The number of hydrogen-bond donors (Lipinski definition) is 0. The minimum Gasteiger partial charge on any atom is -0.366 e. The van der Waals surface area contributed by atoms with Gasteiger partial charge in [0, 0.05) is 38.3 Å². The molecule has 4 heterocycles. The molecule has 3 saturated heterocycles. The molecule has 41 heavy (non-hydrogen) atoms. The van der Waals surface area contributed by atoms with Gasteiger partial charge in [0.25, 0.3) is 11.5 Å². The lowest BCUT2D eigenvalue weighted by atomic mass is 10.0. The Labute approximate surface area is 248 Å². The number of para-hydroxylation sites is 1. The summed E-state index contributed by atoms with van der Waals surface area (Å²) in [5, 5.41) is 9.90. The first-order valence-corrected chi connectivity index (χ1v) is 16.5. The second-order valence-electron chi connectivity index (χ2n) is 10.3. The summed E-state index contributed by atoms with van der Waals surface area (Å²) >= 11 is 6.60. The van der Waals surface area contributed by atoms with Crippen molar-refractivity contribution in [2.24, 2.45) is 0 Å². The van der Waals surface area contributed by atoms with Crippen LogP contribution in [0.4, 0.5) is 15.9 Å². The van der Waals surface area contributed by atoms with Crippen molar-refractivity contribution in [3.63, 3.8) is 0 Å². The van der Waals surface area contributed by atoms with Crippen molar-refractivity contribution in [3.8, 4) is 6.07 Å². The molecule has 13 heteroatoms. The monoisotopic (exact) mass is 615 g/mol. The quantitative estimate of drug-likeness (QED) is 0.358. The fourth-order valence-electron chi connectivity index (χ4n) is 5.69. The maximum absolute atomic E-state index is 14.5. The summed E-state index contributed by atoms with van der Waals surface area (Å²) in [6, 6.07) is 8.16. The highest BCUT2D eigenvalue weighted by Gasteiger charge is 2.42. The Balaban J connectivity index is 1.55. The van der Waals surface area contributed by atoms with Crippen molar-refractivity contribution in [1.29, 1.82) is 5.26 Å². The van der Waals surface area contributed by atoms with E-state index in [1.165, 1.54) is 11.0 Å². The molecule has 216 valence electrons. The van der Waals surface area contributed by atoms with Gasteiger partial charge in [-0.15, -0.1) is 0 Å². The van der Waals surface area contributed by atoms with Crippen molar-refractivity contribution >= 4 is 61.6 Å². The van der Waals surface area contributed by atoms with Crippen LogP contribution in [0.15, 0.2) is 34.0 Å². The molecule has 0 saturated carbocycles. The van der Waals surface area contributed by atoms with E-state index in [1.54, 1.807) is 35.8 Å². The van der Waals surface area contributed by atoms with E-state index in [0.29, 0.717) is 77.4 Å².